The Morgan fingerprint density at radius 1 is 1.06 bits per heavy atom. The van der Waals surface area contributed by atoms with Crippen LogP contribution in [0.3, 0.4) is 0 Å². The Balaban J connectivity index is 1.61. The van der Waals surface area contributed by atoms with Crippen molar-refractivity contribution in [2.24, 2.45) is 46.3 Å². The summed E-state index contributed by atoms with van der Waals surface area (Å²) in [5, 5.41) is 10.5. The minimum atomic E-state index is -0.542. The molecule has 4 aliphatic carbocycles. The average Bonchev–Trinajstić information content (AvgIpc) is 3.09. The molecule has 0 saturated heterocycles. The molecule has 3 fully saturated rings. The van der Waals surface area contributed by atoms with Gasteiger partial charge in [0.25, 0.3) is 0 Å². The Morgan fingerprint density at radius 2 is 1.79 bits per heavy atom. The SMILES string of the molecule is CC(=O)O[C@@]12CC=C3[C@@H]4CC[C@H]([C@H](C)/C=C/[C@H](C)C(C)C)[C@]4(C)CC[C@@H]3[C@]1(C)CC[C@@H](O)C2. The first-order chi connectivity index (χ1) is 15.4. The number of fused-ring (bicyclic) bond motifs is 5. The van der Waals surface area contributed by atoms with E-state index in [0.29, 0.717) is 41.4 Å². The summed E-state index contributed by atoms with van der Waals surface area (Å²) in [6.45, 7) is 15.9. The second-order valence-electron chi connectivity index (χ2n) is 13.0. The quantitative estimate of drug-likeness (QED) is 0.354. The Bertz CT molecular complexity index is 811. The molecule has 0 unspecified atom stereocenters. The largest absolute Gasteiger partial charge is 0.458 e. The lowest BCUT2D eigenvalue weighted by atomic mass is 9.46. The fraction of sp³-hybridized carbons (Fsp3) is 0.833. The summed E-state index contributed by atoms with van der Waals surface area (Å²) in [5.74, 6) is 3.59. The van der Waals surface area contributed by atoms with Crippen molar-refractivity contribution >= 4 is 5.97 Å². The molecule has 0 bridgehead atoms. The Morgan fingerprint density at radius 3 is 2.45 bits per heavy atom. The second kappa shape index (κ2) is 8.85. The fourth-order valence-corrected chi connectivity index (χ4v) is 8.55. The molecule has 4 aliphatic rings. The molecule has 0 aromatic heterocycles. The van der Waals surface area contributed by atoms with Crippen LogP contribution in [0.4, 0.5) is 0 Å². The molecule has 0 amide bonds. The molecule has 0 aromatic rings. The van der Waals surface area contributed by atoms with Crippen LogP contribution in [0.2, 0.25) is 0 Å². The summed E-state index contributed by atoms with van der Waals surface area (Å²) < 4.78 is 6.12. The van der Waals surface area contributed by atoms with Crippen molar-refractivity contribution in [3.63, 3.8) is 0 Å². The first kappa shape index (κ1) is 25.0. The highest BCUT2D eigenvalue weighted by Crippen LogP contribution is 2.68. The molecule has 4 rings (SSSR count). The molecule has 3 heteroatoms. The van der Waals surface area contributed by atoms with Gasteiger partial charge in [0.05, 0.1) is 6.10 Å². The maximum atomic E-state index is 12.1. The van der Waals surface area contributed by atoms with E-state index in [9.17, 15) is 9.90 Å². The predicted octanol–water partition coefficient (Wildman–Crippen LogP) is 7.10. The minimum absolute atomic E-state index is 0.0698. The first-order valence-corrected chi connectivity index (χ1v) is 13.7. The molecule has 186 valence electrons. The number of carbonyl (C=O) groups is 1. The normalized spacial score (nSPS) is 44.6. The number of hydrogen-bond acceptors (Lipinski definition) is 3. The topological polar surface area (TPSA) is 46.5 Å². The minimum Gasteiger partial charge on any atom is -0.458 e. The van der Waals surface area contributed by atoms with Gasteiger partial charge in [-0.1, -0.05) is 65.3 Å². The van der Waals surface area contributed by atoms with Gasteiger partial charge >= 0.3 is 5.97 Å². The van der Waals surface area contributed by atoms with Crippen LogP contribution in [0, 0.1) is 46.3 Å². The van der Waals surface area contributed by atoms with Gasteiger partial charge < -0.3 is 9.84 Å². The second-order valence-corrected chi connectivity index (χ2v) is 13.0. The lowest BCUT2D eigenvalue weighted by Gasteiger charge is -2.61. The average molecular weight is 457 g/mol. The predicted molar refractivity (Wildman–Crippen MR) is 135 cm³/mol. The van der Waals surface area contributed by atoms with Gasteiger partial charge in [-0.3, -0.25) is 4.79 Å². The summed E-state index contributed by atoms with van der Waals surface area (Å²) in [5.41, 5.74) is 1.41. The number of allylic oxidation sites excluding steroid dienone is 3. The van der Waals surface area contributed by atoms with Crippen LogP contribution in [0.1, 0.15) is 99.8 Å². The molecule has 3 nitrogen and oxygen atoms in total. The van der Waals surface area contributed by atoms with E-state index >= 15 is 0 Å². The van der Waals surface area contributed by atoms with E-state index in [1.165, 1.54) is 32.6 Å². The van der Waals surface area contributed by atoms with Crippen LogP contribution in [0.15, 0.2) is 23.8 Å². The van der Waals surface area contributed by atoms with Crippen LogP contribution >= 0.6 is 0 Å². The molecule has 9 atom stereocenters. The first-order valence-electron chi connectivity index (χ1n) is 13.7. The Kier molecular flexibility index (Phi) is 6.71. The summed E-state index contributed by atoms with van der Waals surface area (Å²) in [6, 6.07) is 0. The number of carbonyl (C=O) groups excluding carboxylic acids is 1. The number of aliphatic hydroxyl groups is 1. The molecule has 0 radical (unpaired) electrons. The van der Waals surface area contributed by atoms with Gasteiger partial charge in [-0.05, 0) is 79.4 Å². The third-order valence-corrected chi connectivity index (χ3v) is 11.0. The molecule has 3 saturated carbocycles. The number of rotatable bonds is 5. The standard InChI is InChI=1S/C30H48O3/c1-19(2)20(3)8-9-21(4)25-10-11-26-24-13-17-30(33-22(5)31)18-23(32)12-16-29(30,7)27(24)14-15-28(25,26)6/h8-9,13,19-21,23,25-27,32H,10-12,14-18H2,1-7H3/b9-8+/t20-,21+,23+,25+,26-,27-,28-,29-,30+/m0/s1. The molecule has 33 heavy (non-hydrogen) atoms. The van der Waals surface area contributed by atoms with E-state index in [1.807, 2.05) is 0 Å². The molecular formula is C30H48O3. The number of esters is 1. The highest BCUT2D eigenvalue weighted by molar-refractivity contribution is 5.67. The highest BCUT2D eigenvalue weighted by atomic mass is 16.6. The third kappa shape index (κ3) is 4.05. The molecular weight excluding hydrogens is 408 g/mol. The zero-order valence-electron chi connectivity index (χ0n) is 22.2. The zero-order chi connectivity index (χ0) is 24.2. The smallest absolute Gasteiger partial charge is 0.303 e. The van der Waals surface area contributed by atoms with E-state index in [-0.39, 0.29) is 17.5 Å². The lowest BCUT2D eigenvalue weighted by molar-refractivity contribution is -0.205. The Labute approximate surface area is 202 Å². The van der Waals surface area contributed by atoms with Crippen molar-refractivity contribution in [2.75, 3.05) is 0 Å². The van der Waals surface area contributed by atoms with Crippen molar-refractivity contribution in [1.29, 1.82) is 0 Å². The molecule has 0 aromatic carbocycles. The van der Waals surface area contributed by atoms with Gasteiger partial charge in [0.2, 0.25) is 0 Å². The van der Waals surface area contributed by atoms with Gasteiger partial charge in [0.15, 0.2) is 0 Å². The van der Waals surface area contributed by atoms with Crippen molar-refractivity contribution < 1.29 is 14.6 Å². The van der Waals surface area contributed by atoms with Crippen molar-refractivity contribution in [2.45, 2.75) is 112 Å². The van der Waals surface area contributed by atoms with Gasteiger partial charge in [-0.15, -0.1) is 0 Å². The highest BCUT2D eigenvalue weighted by Gasteiger charge is 2.64. The number of aliphatic hydroxyl groups excluding tert-OH is 1. The van der Waals surface area contributed by atoms with E-state index in [0.717, 1.165) is 25.2 Å². The molecule has 0 aliphatic heterocycles. The summed E-state index contributed by atoms with van der Waals surface area (Å²) in [6.07, 6.45) is 15.2. The number of hydrogen-bond donors (Lipinski definition) is 1. The van der Waals surface area contributed by atoms with Crippen LogP contribution < -0.4 is 0 Å². The Hall–Kier alpha value is -1.09. The van der Waals surface area contributed by atoms with Gasteiger partial charge in [0.1, 0.15) is 5.60 Å². The maximum absolute atomic E-state index is 12.1. The van der Waals surface area contributed by atoms with Crippen molar-refractivity contribution in [1.82, 2.24) is 0 Å². The maximum Gasteiger partial charge on any atom is 0.303 e. The third-order valence-electron chi connectivity index (χ3n) is 11.0. The van der Waals surface area contributed by atoms with Gasteiger partial charge in [-0.2, -0.15) is 0 Å². The summed E-state index contributed by atoms with van der Waals surface area (Å²) in [4.78, 5) is 12.1. The van der Waals surface area contributed by atoms with E-state index in [4.69, 9.17) is 4.74 Å². The molecule has 0 heterocycles. The van der Waals surface area contributed by atoms with Crippen LogP contribution in [0.5, 0.6) is 0 Å². The van der Waals surface area contributed by atoms with Crippen LogP contribution in [0.25, 0.3) is 0 Å². The lowest BCUT2D eigenvalue weighted by Crippen LogP contribution is -2.61. The van der Waals surface area contributed by atoms with Crippen molar-refractivity contribution in [3.8, 4) is 0 Å². The summed E-state index contributed by atoms with van der Waals surface area (Å²) >= 11 is 0. The van der Waals surface area contributed by atoms with Gasteiger partial charge in [-0.25, -0.2) is 0 Å². The van der Waals surface area contributed by atoms with Crippen molar-refractivity contribution in [3.05, 3.63) is 23.8 Å². The fourth-order valence-electron chi connectivity index (χ4n) is 8.55. The molecule has 1 N–H and O–H groups in total. The van der Waals surface area contributed by atoms with Gasteiger partial charge in [0, 0.05) is 25.2 Å². The monoisotopic (exact) mass is 456 g/mol. The number of ether oxygens (including phenoxy) is 1. The van der Waals surface area contributed by atoms with E-state index in [2.05, 4.69) is 59.8 Å². The molecule has 0 spiro atoms. The summed E-state index contributed by atoms with van der Waals surface area (Å²) in [7, 11) is 0. The zero-order valence-corrected chi connectivity index (χ0v) is 22.2. The van der Waals surface area contributed by atoms with E-state index < -0.39 is 5.60 Å². The van der Waals surface area contributed by atoms with Crippen LogP contribution in [-0.2, 0) is 9.53 Å². The van der Waals surface area contributed by atoms with Crippen LogP contribution in [-0.4, -0.2) is 22.8 Å². The van der Waals surface area contributed by atoms with E-state index in [1.54, 1.807) is 5.57 Å².